The molecule has 0 radical (unpaired) electrons. The van der Waals surface area contributed by atoms with Gasteiger partial charge in [-0.15, -0.1) is 11.3 Å². The van der Waals surface area contributed by atoms with E-state index < -0.39 is 0 Å². The molecule has 1 amide bonds. The second-order valence-corrected chi connectivity index (χ2v) is 7.03. The van der Waals surface area contributed by atoms with E-state index in [1.54, 1.807) is 12.4 Å². The Morgan fingerprint density at radius 1 is 1.04 bits per heavy atom. The molecule has 134 valence electrons. The maximum absolute atomic E-state index is 12.7. The van der Waals surface area contributed by atoms with E-state index in [1.165, 1.54) is 11.3 Å². The van der Waals surface area contributed by atoms with E-state index in [9.17, 15) is 4.79 Å². The van der Waals surface area contributed by atoms with Crippen molar-refractivity contribution in [3.8, 4) is 11.1 Å². The molecule has 0 atom stereocenters. The van der Waals surface area contributed by atoms with Crippen LogP contribution in [0.5, 0.6) is 0 Å². The standard InChI is InChI=1S/C21H18N4OS/c26-21(23-14-20-22-11-13-27-20)19-5-2-1-4-18(19)17-8-6-16(7-9-17)15-25-12-3-10-24-25/h1-13H,14-15H2,(H,23,26). The van der Waals surface area contributed by atoms with Crippen LogP contribution in [0.25, 0.3) is 11.1 Å². The zero-order valence-electron chi connectivity index (χ0n) is 14.6. The molecule has 1 N–H and O–H groups in total. The lowest BCUT2D eigenvalue weighted by Crippen LogP contribution is -2.23. The van der Waals surface area contributed by atoms with Crippen LogP contribution in [0.4, 0.5) is 0 Å². The Hall–Kier alpha value is -3.25. The van der Waals surface area contributed by atoms with Crippen molar-refractivity contribution < 1.29 is 4.79 Å². The zero-order chi connectivity index (χ0) is 18.5. The van der Waals surface area contributed by atoms with Crippen LogP contribution in [0.15, 0.2) is 78.6 Å². The third-order valence-corrected chi connectivity index (χ3v) is 5.00. The lowest BCUT2D eigenvalue weighted by Gasteiger charge is -2.11. The van der Waals surface area contributed by atoms with Gasteiger partial charge in [-0.3, -0.25) is 9.48 Å². The fourth-order valence-electron chi connectivity index (χ4n) is 2.89. The maximum atomic E-state index is 12.7. The van der Waals surface area contributed by atoms with Gasteiger partial charge in [0.05, 0.1) is 13.1 Å². The van der Waals surface area contributed by atoms with Crippen molar-refractivity contribution in [2.75, 3.05) is 0 Å². The van der Waals surface area contributed by atoms with Crippen LogP contribution < -0.4 is 5.32 Å². The molecule has 0 saturated carbocycles. The SMILES string of the molecule is O=C(NCc1nccs1)c1ccccc1-c1ccc(Cn2cccn2)cc1. The minimum atomic E-state index is -0.0959. The van der Waals surface area contributed by atoms with Crippen LogP contribution in [0.2, 0.25) is 0 Å². The first-order chi connectivity index (χ1) is 13.3. The Morgan fingerprint density at radius 2 is 1.89 bits per heavy atom. The molecule has 4 aromatic rings. The number of benzene rings is 2. The summed E-state index contributed by atoms with van der Waals surface area (Å²) < 4.78 is 1.88. The first-order valence-electron chi connectivity index (χ1n) is 8.62. The summed E-state index contributed by atoms with van der Waals surface area (Å²) in [7, 11) is 0. The molecule has 0 bridgehead atoms. The molecule has 2 aromatic heterocycles. The van der Waals surface area contributed by atoms with E-state index in [0.29, 0.717) is 12.1 Å². The van der Waals surface area contributed by atoms with Crippen LogP contribution in [0.3, 0.4) is 0 Å². The van der Waals surface area contributed by atoms with Crippen molar-refractivity contribution in [1.29, 1.82) is 0 Å². The Kier molecular flexibility index (Phi) is 5.07. The van der Waals surface area contributed by atoms with Crippen molar-refractivity contribution in [3.63, 3.8) is 0 Å². The molecule has 6 heteroatoms. The van der Waals surface area contributed by atoms with Crippen LogP contribution in [-0.2, 0) is 13.1 Å². The first kappa shape index (κ1) is 17.2. The monoisotopic (exact) mass is 374 g/mol. The highest BCUT2D eigenvalue weighted by atomic mass is 32.1. The Balaban J connectivity index is 1.52. The molecule has 0 aliphatic carbocycles. The average Bonchev–Trinajstić information content (AvgIpc) is 3.41. The molecule has 0 saturated heterocycles. The third-order valence-electron chi connectivity index (χ3n) is 4.22. The van der Waals surface area contributed by atoms with Crippen LogP contribution in [0.1, 0.15) is 20.9 Å². The summed E-state index contributed by atoms with van der Waals surface area (Å²) in [6.45, 7) is 1.16. The summed E-state index contributed by atoms with van der Waals surface area (Å²) in [6.07, 6.45) is 5.45. The molecule has 0 aliphatic heterocycles. The largest absolute Gasteiger partial charge is 0.346 e. The highest BCUT2D eigenvalue weighted by molar-refractivity contribution is 7.09. The smallest absolute Gasteiger partial charge is 0.252 e. The minimum absolute atomic E-state index is 0.0959. The van der Waals surface area contributed by atoms with Crippen LogP contribution in [0, 0.1) is 0 Å². The number of hydrogen-bond donors (Lipinski definition) is 1. The molecule has 2 heterocycles. The van der Waals surface area contributed by atoms with E-state index in [2.05, 4.69) is 27.5 Å². The number of hydrogen-bond acceptors (Lipinski definition) is 4. The highest BCUT2D eigenvalue weighted by Crippen LogP contribution is 2.24. The van der Waals surface area contributed by atoms with Gasteiger partial charge in [0.25, 0.3) is 5.91 Å². The summed E-state index contributed by atoms with van der Waals surface area (Å²) in [6, 6.07) is 17.8. The molecular formula is C21H18N4OS. The van der Waals surface area contributed by atoms with Gasteiger partial charge in [0.2, 0.25) is 0 Å². The normalized spacial score (nSPS) is 10.7. The number of aromatic nitrogens is 3. The minimum Gasteiger partial charge on any atom is -0.346 e. The number of nitrogens with zero attached hydrogens (tertiary/aromatic N) is 3. The first-order valence-corrected chi connectivity index (χ1v) is 9.50. The fourth-order valence-corrected chi connectivity index (χ4v) is 3.45. The molecule has 0 aliphatic rings. The Morgan fingerprint density at radius 3 is 2.63 bits per heavy atom. The van der Waals surface area contributed by atoms with E-state index in [-0.39, 0.29) is 5.91 Å². The van der Waals surface area contributed by atoms with Gasteiger partial charge >= 0.3 is 0 Å². The Labute approximate surface area is 161 Å². The van der Waals surface area contributed by atoms with Gasteiger partial charge in [0.1, 0.15) is 5.01 Å². The van der Waals surface area contributed by atoms with E-state index in [1.807, 2.05) is 58.7 Å². The summed E-state index contributed by atoms with van der Waals surface area (Å²) >= 11 is 1.53. The lowest BCUT2D eigenvalue weighted by molar-refractivity contribution is 0.0951. The van der Waals surface area contributed by atoms with Crippen LogP contribution >= 0.6 is 11.3 Å². The van der Waals surface area contributed by atoms with Gasteiger partial charge in [-0.25, -0.2) is 4.98 Å². The van der Waals surface area contributed by atoms with Gasteiger partial charge in [-0.05, 0) is 28.8 Å². The van der Waals surface area contributed by atoms with Gasteiger partial charge in [-0.1, -0.05) is 42.5 Å². The van der Waals surface area contributed by atoms with Gasteiger partial charge in [0, 0.05) is 29.5 Å². The number of carbonyl (C=O) groups excluding carboxylic acids is 1. The second kappa shape index (κ2) is 7.97. The highest BCUT2D eigenvalue weighted by Gasteiger charge is 2.12. The van der Waals surface area contributed by atoms with Crippen molar-refractivity contribution in [3.05, 3.63) is 94.7 Å². The summed E-state index contributed by atoms with van der Waals surface area (Å²) in [4.78, 5) is 16.9. The van der Waals surface area contributed by atoms with Crippen LogP contribution in [-0.4, -0.2) is 20.7 Å². The molecule has 0 unspecified atom stereocenters. The summed E-state index contributed by atoms with van der Waals surface area (Å²) in [5, 5.41) is 9.98. The average molecular weight is 374 g/mol. The number of thiazole rings is 1. The molecule has 4 rings (SSSR count). The topological polar surface area (TPSA) is 59.8 Å². The van der Waals surface area contributed by atoms with E-state index in [0.717, 1.165) is 28.2 Å². The van der Waals surface area contributed by atoms with Crippen molar-refractivity contribution >= 4 is 17.2 Å². The summed E-state index contributed by atoms with van der Waals surface area (Å²) in [5.74, 6) is -0.0959. The number of nitrogens with one attached hydrogen (secondary N) is 1. The Bertz CT molecular complexity index is 1010. The van der Waals surface area contributed by atoms with Gasteiger partial charge in [0.15, 0.2) is 0 Å². The maximum Gasteiger partial charge on any atom is 0.252 e. The second-order valence-electron chi connectivity index (χ2n) is 6.05. The number of rotatable bonds is 6. The van der Waals surface area contributed by atoms with Gasteiger partial charge < -0.3 is 5.32 Å². The molecule has 27 heavy (non-hydrogen) atoms. The van der Waals surface area contributed by atoms with E-state index in [4.69, 9.17) is 0 Å². The fraction of sp³-hybridized carbons (Fsp3) is 0.0952. The van der Waals surface area contributed by atoms with Crippen molar-refractivity contribution in [1.82, 2.24) is 20.1 Å². The predicted molar refractivity (Wildman–Crippen MR) is 106 cm³/mol. The van der Waals surface area contributed by atoms with E-state index >= 15 is 0 Å². The molecule has 0 spiro atoms. The predicted octanol–water partition coefficient (Wildman–Crippen LogP) is 3.98. The molecule has 0 fully saturated rings. The van der Waals surface area contributed by atoms with Gasteiger partial charge in [-0.2, -0.15) is 5.10 Å². The number of carbonyl (C=O) groups is 1. The third kappa shape index (κ3) is 4.12. The molecule has 5 nitrogen and oxygen atoms in total. The van der Waals surface area contributed by atoms with Crippen molar-refractivity contribution in [2.45, 2.75) is 13.1 Å². The lowest BCUT2D eigenvalue weighted by atomic mass is 9.98. The molecular weight excluding hydrogens is 356 g/mol. The number of amides is 1. The molecule has 2 aromatic carbocycles. The van der Waals surface area contributed by atoms with Crippen molar-refractivity contribution in [2.24, 2.45) is 0 Å². The quantitative estimate of drug-likeness (QED) is 0.555. The summed E-state index contributed by atoms with van der Waals surface area (Å²) in [5.41, 5.74) is 3.75. The zero-order valence-corrected chi connectivity index (χ0v) is 15.4.